The monoisotopic (exact) mass is 563 g/mol. The highest BCUT2D eigenvalue weighted by Gasteiger charge is 2.33. The number of benzene rings is 3. The Morgan fingerprint density at radius 3 is 2.45 bits per heavy atom. The van der Waals surface area contributed by atoms with Gasteiger partial charge in [0.1, 0.15) is 6.04 Å². The molecule has 1 aliphatic heterocycles. The van der Waals surface area contributed by atoms with Crippen LogP contribution in [0.3, 0.4) is 0 Å². The predicted octanol–water partition coefficient (Wildman–Crippen LogP) is 4.67. The van der Waals surface area contributed by atoms with Gasteiger partial charge in [0.15, 0.2) is 5.82 Å². The molecule has 216 valence electrons. The van der Waals surface area contributed by atoms with Crippen molar-refractivity contribution in [2.24, 2.45) is 5.92 Å². The first kappa shape index (κ1) is 27.8. The molecular formula is C33H37N7O2. The van der Waals surface area contributed by atoms with Crippen LogP contribution in [-0.4, -0.2) is 50.6 Å². The van der Waals surface area contributed by atoms with Crippen molar-refractivity contribution in [1.82, 2.24) is 31.3 Å². The van der Waals surface area contributed by atoms with E-state index >= 15 is 0 Å². The van der Waals surface area contributed by atoms with Gasteiger partial charge in [-0.3, -0.25) is 9.59 Å². The van der Waals surface area contributed by atoms with Crippen LogP contribution < -0.4 is 15.5 Å². The Kier molecular flexibility index (Phi) is 7.84. The zero-order valence-electron chi connectivity index (χ0n) is 24.1. The van der Waals surface area contributed by atoms with Gasteiger partial charge in [-0.1, -0.05) is 66.7 Å². The molecule has 2 heterocycles. The number of fused-ring (bicyclic) bond motifs is 1. The fraction of sp³-hybridized carbons (Fsp3) is 0.364. The summed E-state index contributed by atoms with van der Waals surface area (Å²) in [7, 11) is 0. The summed E-state index contributed by atoms with van der Waals surface area (Å²) >= 11 is 0. The quantitative estimate of drug-likeness (QED) is 0.258. The lowest BCUT2D eigenvalue weighted by Crippen LogP contribution is -2.51. The topological polar surface area (TPSA) is 116 Å². The van der Waals surface area contributed by atoms with Gasteiger partial charge in [-0.2, -0.15) is 0 Å². The normalized spacial score (nSPS) is 17.0. The maximum atomic E-state index is 14.0. The number of H-pyrrole nitrogens is 1. The molecule has 1 fully saturated rings. The number of aromatic nitrogens is 4. The molecule has 3 aromatic carbocycles. The number of aromatic amines is 1. The maximum absolute atomic E-state index is 14.0. The van der Waals surface area contributed by atoms with Crippen molar-refractivity contribution >= 4 is 17.5 Å². The van der Waals surface area contributed by atoms with Gasteiger partial charge in [0, 0.05) is 23.2 Å². The number of hydrogen-bond acceptors (Lipinski definition) is 6. The van der Waals surface area contributed by atoms with Crippen molar-refractivity contribution in [3.05, 3.63) is 83.9 Å². The second-order valence-electron chi connectivity index (χ2n) is 12.1. The number of rotatable bonds is 10. The molecular weight excluding hydrogens is 526 g/mol. The molecule has 9 heteroatoms. The minimum atomic E-state index is -0.578. The van der Waals surface area contributed by atoms with E-state index in [0.717, 1.165) is 52.4 Å². The van der Waals surface area contributed by atoms with Crippen LogP contribution in [-0.2, 0) is 22.6 Å². The summed E-state index contributed by atoms with van der Waals surface area (Å²) in [5.41, 5.74) is 5.63. The van der Waals surface area contributed by atoms with E-state index in [0.29, 0.717) is 25.2 Å². The molecule has 6 rings (SSSR count). The van der Waals surface area contributed by atoms with Crippen LogP contribution in [0.2, 0.25) is 0 Å². The summed E-state index contributed by atoms with van der Waals surface area (Å²) in [6, 6.07) is 23.6. The second kappa shape index (κ2) is 11.9. The largest absolute Gasteiger partial charge is 0.344 e. The van der Waals surface area contributed by atoms with Gasteiger partial charge in [0.05, 0.1) is 6.54 Å². The average molecular weight is 564 g/mol. The van der Waals surface area contributed by atoms with E-state index in [1.165, 1.54) is 12.8 Å². The summed E-state index contributed by atoms with van der Waals surface area (Å²) in [4.78, 5) is 28.9. The molecule has 9 nitrogen and oxygen atoms in total. The molecule has 1 aliphatic carbocycles. The molecule has 2 aliphatic rings. The second-order valence-corrected chi connectivity index (χ2v) is 12.1. The minimum Gasteiger partial charge on any atom is -0.344 e. The molecule has 0 saturated heterocycles. The van der Waals surface area contributed by atoms with Crippen molar-refractivity contribution in [3.8, 4) is 22.5 Å². The Labute approximate surface area is 246 Å². The van der Waals surface area contributed by atoms with Crippen molar-refractivity contribution in [2.45, 2.75) is 64.1 Å². The van der Waals surface area contributed by atoms with Gasteiger partial charge >= 0.3 is 0 Å². The third-order valence-corrected chi connectivity index (χ3v) is 8.19. The first-order valence-electron chi connectivity index (χ1n) is 14.7. The number of amides is 2. The van der Waals surface area contributed by atoms with E-state index in [9.17, 15) is 9.59 Å². The molecule has 1 saturated carbocycles. The summed E-state index contributed by atoms with van der Waals surface area (Å²) in [6.07, 6.45) is 4.14. The van der Waals surface area contributed by atoms with Crippen molar-refractivity contribution in [1.29, 1.82) is 0 Å². The molecule has 2 amide bonds. The number of nitrogens with zero attached hydrogens (tertiary/aromatic N) is 4. The van der Waals surface area contributed by atoms with Crippen molar-refractivity contribution in [3.63, 3.8) is 0 Å². The van der Waals surface area contributed by atoms with Gasteiger partial charge < -0.3 is 15.5 Å². The number of carbonyl (C=O) groups is 2. The van der Waals surface area contributed by atoms with Crippen LogP contribution in [0.4, 0.5) is 5.69 Å². The first-order valence-corrected chi connectivity index (χ1v) is 14.7. The molecule has 0 radical (unpaired) electrons. The zero-order valence-corrected chi connectivity index (χ0v) is 24.1. The van der Waals surface area contributed by atoms with Gasteiger partial charge in [-0.25, -0.2) is 5.10 Å². The third-order valence-electron chi connectivity index (χ3n) is 8.19. The van der Waals surface area contributed by atoms with Gasteiger partial charge in [0.2, 0.25) is 11.8 Å². The Hall–Kier alpha value is -4.37. The summed E-state index contributed by atoms with van der Waals surface area (Å²) in [6.45, 7) is 5.45. The Morgan fingerprint density at radius 2 is 1.71 bits per heavy atom. The zero-order chi connectivity index (χ0) is 29.1. The SMILES string of the molecule is CC(C)(CC(=O)N[C@@H]1CCc2ccccc2N(Cc2ccc(-c3ccccc3-c3nnn[nH]3)cc2)C1=O)NCC1CC1. The highest BCUT2D eigenvalue weighted by atomic mass is 16.2. The minimum absolute atomic E-state index is 0.0794. The number of para-hydroxylation sites is 1. The van der Waals surface area contributed by atoms with E-state index in [2.05, 4.69) is 63.3 Å². The third kappa shape index (κ3) is 6.41. The highest BCUT2D eigenvalue weighted by Crippen LogP contribution is 2.32. The van der Waals surface area contributed by atoms with Crippen LogP contribution >= 0.6 is 0 Å². The molecule has 4 aromatic rings. The maximum Gasteiger partial charge on any atom is 0.249 e. The summed E-state index contributed by atoms with van der Waals surface area (Å²) in [5, 5.41) is 21.0. The van der Waals surface area contributed by atoms with Crippen LogP contribution in [0.15, 0.2) is 72.8 Å². The fourth-order valence-corrected chi connectivity index (χ4v) is 5.65. The number of nitrogens with one attached hydrogen (secondary N) is 3. The van der Waals surface area contributed by atoms with Crippen LogP contribution in [0, 0.1) is 5.92 Å². The van der Waals surface area contributed by atoms with E-state index in [-0.39, 0.29) is 17.4 Å². The van der Waals surface area contributed by atoms with E-state index in [1.807, 2.05) is 59.5 Å². The van der Waals surface area contributed by atoms with Crippen LogP contribution in [0.25, 0.3) is 22.5 Å². The Bertz CT molecular complexity index is 1540. The lowest BCUT2D eigenvalue weighted by atomic mass is 9.98. The van der Waals surface area contributed by atoms with E-state index in [1.54, 1.807) is 0 Å². The Morgan fingerprint density at radius 1 is 0.976 bits per heavy atom. The molecule has 0 bridgehead atoms. The number of tetrazole rings is 1. The average Bonchev–Trinajstić information content (AvgIpc) is 3.70. The standard InChI is InChI=1S/C33H37N7O2/c1-33(2,34-20-22-11-12-22)19-30(41)35-28-18-17-25-7-3-6-10-29(25)40(32(28)42)21-23-13-15-24(16-14-23)26-8-4-5-9-27(26)31-36-38-39-37-31/h3-10,13-16,22,28,34H,11-12,17-21H2,1-2H3,(H,35,41)(H,36,37,38,39)/t28-/m1/s1. The van der Waals surface area contributed by atoms with Gasteiger partial charge in [-0.05, 0) is 90.7 Å². The number of aryl methyl sites for hydroxylation is 1. The molecule has 1 aromatic heterocycles. The molecule has 0 unspecified atom stereocenters. The Balaban J connectivity index is 1.19. The molecule has 0 spiro atoms. The predicted molar refractivity (Wildman–Crippen MR) is 162 cm³/mol. The van der Waals surface area contributed by atoms with Crippen LogP contribution in [0.5, 0.6) is 0 Å². The van der Waals surface area contributed by atoms with Crippen molar-refractivity contribution < 1.29 is 9.59 Å². The number of anilines is 1. The lowest BCUT2D eigenvalue weighted by Gasteiger charge is -2.29. The van der Waals surface area contributed by atoms with Crippen LogP contribution in [0.1, 0.15) is 50.7 Å². The molecule has 3 N–H and O–H groups in total. The lowest BCUT2D eigenvalue weighted by molar-refractivity contribution is -0.128. The smallest absolute Gasteiger partial charge is 0.249 e. The highest BCUT2D eigenvalue weighted by molar-refractivity contribution is 6.00. The first-order chi connectivity index (χ1) is 20.4. The fourth-order valence-electron chi connectivity index (χ4n) is 5.65. The van der Waals surface area contributed by atoms with Gasteiger partial charge in [0.25, 0.3) is 0 Å². The van der Waals surface area contributed by atoms with E-state index < -0.39 is 6.04 Å². The number of carbonyl (C=O) groups excluding carboxylic acids is 2. The number of hydrogen-bond donors (Lipinski definition) is 3. The summed E-state index contributed by atoms with van der Waals surface area (Å²) in [5.74, 6) is 1.16. The molecule has 42 heavy (non-hydrogen) atoms. The summed E-state index contributed by atoms with van der Waals surface area (Å²) < 4.78 is 0. The van der Waals surface area contributed by atoms with Gasteiger partial charge in [-0.15, -0.1) is 5.10 Å². The molecule has 1 atom stereocenters. The van der Waals surface area contributed by atoms with E-state index in [4.69, 9.17) is 0 Å². The van der Waals surface area contributed by atoms with Crippen molar-refractivity contribution in [2.75, 3.05) is 11.4 Å².